The minimum Gasteiger partial charge on any atom is -0.342 e. The molecule has 0 aliphatic heterocycles. The van der Waals surface area contributed by atoms with Crippen molar-refractivity contribution in [3.63, 3.8) is 0 Å². The van der Waals surface area contributed by atoms with Gasteiger partial charge in [0.05, 0.1) is 0 Å². The second-order valence-corrected chi connectivity index (χ2v) is 7.45. The molecule has 0 saturated carbocycles. The summed E-state index contributed by atoms with van der Waals surface area (Å²) >= 11 is 0. The van der Waals surface area contributed by atoms with Crippen molar-refractivity contribution < 1.29 is 4.79 Å². The quantitative estimate of drug-likeness (QED) is 0.735. The fourth-order valence-corrected chi connectivity index (χ4v) is 2.59. The van der Waals surface area contributed by atoms with E-state index in [1.807, 2.05) is 4.90 Å². The van der Waals surface area contributed by atoms with Gasteiger partial charge in [-0.2, -0.15) is 0 Å². The normalized spacial score (nSPS) is 13.7. The molecule has 19 heavy (non-hydrogen) atoms. The molecule has 1 unspecified atom stereocenters. The lowest BCUT2D eigenvalue weighted by atomic mass is 9.84. The van der Waals surface area contributed by atoms with Crippen molar-refractivity contribution in [3.8, 4) is 0 Å². The van der Waals surface area contributed by atoms with E-state index in [-0.39, 0.29) is 0 Å². The number of carbonyl (C=O) groups is 1. The van der Waals surface area contributed by atoms with Gasteiger partial charge in [-0.05, 0) is 36.6 Å². The average Bonchev–Trinajstić information content (AvgIpc) is 2.20. The van der Waals surface area contributed by atoms with Crippen molar-refractivity contribution in [3.05, 3.63) is 0 Å². The lowest BCUT2D eigenvalue weighted by Crippen LogP contribution is -2.36. The molecule has 0 fully saturated rings. The number of hydrogen-bond acceptors (Lipinski definition) is 2. The summed E-state index contributed by atoms with van der Waals surface area (Å²) in [6.45, 7) is 15.5. The number of nitrogens with two attached hydrogens (primary N) is 1. The summed E-state index contributed by atoms with van der Waals surface area (Å²) in [5.41, 5.74) is 5.85. The third-order valence-electron chi connectivity index (χ3n) is 3.05. The molecule has 3 nitrogen and oxygen atoms in total. The number of carbonyl (C=O) groups excluding carboxylic acids is 1. The number of hydrogen-bond donors (Lipinski definition) is 1. The van der Waals surface area contributed by atoms with Crippen LogP contribution >= 0.6 is 0 Å². The van der Waals surface area contributed by atoms with Gasteiger partial charge < -0.3 is 10.6 Å². The number of amides is 1. The molecule has 0 spiro atoms. The van der Waals surface area contributed by atoms with Gasteiger partial charge in [0.2, 0.25) is 5.91 Å². The van der Waals surface area contributed by atoms with Crippen LogP contribution in [-0.4, -0.2) is 30.4 Å². The minimum atomic E-state index is 0.291. The molecule has 0 rings (SSSR count). The molecule has 0 aromatic carbocycles. The van der Waals surface area contributed by atoms with Crippen LogP contribution in [0.15, 0.2) is 0 Å². The fourth-order valence-electron chi connectivity index (χ4n) is 2.59. The Hall–Kier alpha value is -0.570. The van der Waals surface area contributed by atoms with Crippen molar-refractivity contribution in [1.29, 1.82) is 0 Å². The maximum atomic E-state index is 12.4. The Balaban J connectivity index is 4.37. The first-order valence-electron chi connectivity index (χ1n) is 7.63. The molecule has 114 valence electrons. The highest BCUT2D eigenvalue weighted by molar-refractivity contribution is 5.76. The van der Waals surface area contributed by atoms with E-state index in [2.05, 4.69) is 41.5 Å². The molecule has 0 saturated heterocycles. The van der Waals surface area contributed by atoms with Crippen LogP contribution in [0.4, 0.5) is 0 Å². The average molecular weight is 270 g/mol. The summed E-state index contributed by atoms with van der Waals surface area (Å²) in [5, 5.41) is 0. The van der Waals surface area contributed by atoms with Gasteiger partial charge in [-0.1, -0.05) is 41.5 Å². The Morgan fingerprint density at radius 3 is 2.21 bits per heavy atom. The minimum absolute atomic E-state index is 0.291. The summed E-state index contributed by atoms with van der Waals surface area (Å²) in [4.78, 5) is 14.4. The Morgan fingerprint density at radius 2 is 1.79 bits per heavy atom. The van der Waals surface area contributed by atoms with Crippen LogP contribution in [0.1, 0.15) is 60.8 Å². The Morgan fingerprint density at radius 1 is 1.21 bits per heavy atom. The van der Waals surface area contributed by atoms with Crippen LogP contribution in [0, 0.1) is 17.3 Å². The molecule has 1 amide bonds. The number of rotatable bonds is 8. The smallest absolute Gasteiger partial charge is 0.222 e. The van der Waals surface area contributed by atoms with Crippen LogP contribution in [0.2, 0.25) is 0 Å². The maximum Gasteiger partial charge on any atom is 0.222 e. The highest BCUT2D eigenvalue weighted by Gasteiger charge is 2.21. The van der Waals surface area contributed by atoms with E-state index in [9.17, 15) is 4.79 Å². The van der Waals surface area contributed by atoms with Crippen LogP contribution in [0.25, 0.3) is 0 Å². The molecule has 0 aromatic heterocycles. The Labute approximate surface area is 119 Å². The summed E-state index contributed by atoms with van der Waals surface area (Å²) in [5.74, 6) is 1.25. The van der Waals surface area contributed by atoms with Gasteiger partial charge in [0, 0.05) is 19.5 Å². The third kappa shape index (κ3) is 9.94. The summed E-state index contributed by atoms with van der Waals surface area (Å²) < 4.78 is 0. The van der Waals surface area contributed by atoms with Crippen molar-refractivity contribution in [1.82, 2.24) is 4.90 Å². The summed E-state index contributed by atoms with van der Waals surface area (Å²) in [7, 11) is 0. The highest BCUT2D eigenvalue weighted by Crippen LogP contribution is 2.26. The topological polar surface area (TPSA) is 46.3 Å². The van der Waals surface area contributed by atoms with Crippen molar-refractivity contribution in [2.75, 3.05) is 19.6 Å². The largest absolute Gasteiger partial charge is 0.342 e. The lowest BCUT2D eigenvalue weighted by Gasteiger charge is -2.28. The Kier molecular flexibility index (Phi) is 8.31. The first kappa shape index (κ1) is 18.4. The predicted molar refractivity (Wildman–Crippen MR) is 82.9 cm³/mol. The van der Waals surface area contributed by atoms with E-state index < -0.39 is 0 Å². The monoisotopic (exact) mass is 270 g/mol. The molecule has 3 heteroatoms. The molecular weight excluding hydrogens is 236 g/mol. The van der Waals surface area contributed by atoms with Gasteiger partial charge in [0.25, 0.3) is 0 Å². The summed E-state index contributed by atoms with van der Waals surface area (Å²) in [6.07, 6.45) is 2.64. The second-order valence-electron chi connectivity index (χ2n) is 7.45. The molecule has 2 N–H and O–H groups in total. The zero-order valence-corrected chi connectivity index (χ0v) is 13.8. The zero-order valence-electron chi connectivity index (χ0n) is 13.8. The van der Waals surface area contributed by atoms with E-state index in [0.717, 1.165) is 25.9 Å². The first-order valence-corrected chi connectivity index (χ1v) is 7.63. The van der Waals surface area contributed by atoms with E-state index >= 15 is 0 Å². The highest BCUT2D eigenvalue weighted by atomic mass is 16.2. The zero-order chi connectivity index (χ0) is 15.1. The maximum absolute atomic E-state index is 12.4. The van der Waals surface area contributed by atoms with Gasteiger partial charge in [-0.3, -0.25) is 4.79 Å². The van der Waals surface area contributed by atoms with Crippen molar-refractivity contribution in [2.45, 2.75) is 60.8 Å². The van der Waals surface area contributed by atoms with E-state index in [4.69, 9.17) is 5.73 Å². The molecular formula is C16H34N2O. The van der Waals surface area contributed by atoms with Gasteiger partial charge in [-0.25, -0.2) is 0 Å². The van der Waals surface area contributed by atoms with Crippen molar-refractivity contribution >= 4 is 5.91 Å². The van der Waals surface area contributed by atoms with Crippen LogP contribution in [-0.2, 0) is 4.79 Å². The van der Waals surface area contributed by atoms with Gasteiger partial charge in [-0.15, -0.1) is 0 Å². The van der Waals surface area contributed by atoms with E-state index in [0.29, 0.717) is 36.1 Å². The van der Waals surface area contributed by atoms with Crippen LogP contribution in [0.5, 0.6) is 0 Å². The molecule has 0 bridgehead atoms. The molecule has 0 aromatic rings. The third-order valence-corrected chi connectivity index (χ3v) is 3.05. The van der Waals surface area contributed by atoms with Crippen LogP contribution < -0.4 is 5.73 Å². The van der Waals surface area contributed by atoms with Gasteiger partial charge >= 0.3 is 0 Å². The van der Waals surface area contributed by atoms with E-state index in [1.54, 1.807) is 0 Å². The molecule has 0 heterocycles. The predicted octanol–water partition coefficient (Wildman–Crippen LogP) is 3.28. The first-order chi connectivity index (χ1) is 8.65. The van der Waals surface area contributed by atoms with Gasteiger partial charge in [0.15, 0.2) is 0 Å². The second kappa shape index (κ2) is 8.57. The van der Waals surface area contributed by atoms with Gasteiger partial charge in [0.1, 0.15) is 0 Å². The standard InChI is InChI=1S/C16H34N2O/c1-13(2)12-18(9-7-8-17)15(19)10-14(3)11-16(4,5)6/h13-14H,7-12,17H2,1-6H3. The fraction of sp³-hybridized carbons (Fsp3) is 0.938. The summed E-state index contributed by atoms with van der Waals surface area (Å²) in [6, 6.07) is 0. The number of nitrogens with zero attached hydrogens (tertiary/aromatic N) is 1. The SMILES string of the molecule is CC(C)CN(CCCN)C(=O)CC(C)CC(C)(C)C. The lowest BCUT2D eigenvalue weighted by molar-refractivity contribution is -0.132. The molecule has 0 aliphatic carbocycles. The van der Waals surface area contributed by atoms with Crippen molar-refractivity contribution in [2.24, 2.45) is 23.0 Å². The Bertz CT molecular complexity index is 256. The van der Waals surface area contributed by atoms with Crippen LogP contribution in [0.3, 0.4) is 0 Å². The molecule has 0 radical (unpaired) electrons. The molecule has 1 atom stereocenters. The molecule has 0 aliphatic rings. The van der Waals surface area contributed by atoms with E-state index in [1.165, 1.54) is 0 Å².